The molecular weight excluding hydrogens is 468 g/mol. The molecule has 0 saturated carbocycles. The average Bonchev–Trinajstić information content (AvgIpc) is 3.43. The molecule has 1 aliphatic rings. The first-order valence-electron chi connectivity index (χ1n) is 11.0. The predicted octanol–water partition coefficient (Wildman–Crippen LogP) is 5.13. The predicted molar refractivity (Wildman–Crippen MR) is 134 cm³/mol. The number of para-hydroxylation sites is 1. The van der Waals surface area contributed by atoms with Gasteiger partial charge in [-0.1, -0.05) is 52.8 Å². The van der Waals surface area contributed by atoms with Crippen LogP contribution in [0.1, 0.15) is 38.7 Å². The number of fused-ring (bicyclic) bond motifs is 1. The van der Waals surface area contributed by atoms with Crippen molar-refractivity contribution in [1.82, 2.24) is 25.0 Å². The van der Waals surface area contributed by atoms with Crippen LogP contribution in [0, 0.1) is 20.8 Å². The minimum absolute atomic E-state index is 0.161. The Morgan fingerprint density at radius 3 is 2.59 bits per heavy atom. The molecule has 3 heterocycles. The summed E-state index contributed by atoms with van der Waals surface area (Å²) in [5.41, 5.74) is 6.61. The highest BCUT2D eigenvalue weighted by Crippen LogP contribution is 2.31. The van der Waals surface area contributed by atoms with Gasteiger partial charge in [-0.3, -0.25) is 4.79 Å². The number of amides is 1. The molecule has 0 spiro atoms. The van der Waals surface area contributed by atoms with Gasteiger partial charge in [0.25, 0.3) is 5.91 Å². The number of aromatic nitrogens is 5. The third-order valence-electron chi connectivity index (χ3n) is 5.80. The minimum atomic E-state index is -0.161. The molecule has 5 rings (SSSR count). The lowest BCUT2D eigenvalue weighted by Crippen LogP contribution is -2.30. The van der Waals surface area contributed by atoms with Crippen molar-refractivity contribution in [3.8, 4) is 5.69 Å². The molecule has 7 nitrogen and oxygen atoms in total. The fraction of sp³-hybridized carbons (Fsp3) is 0.240. The number of carbonyl (C=O) groups excluding carboxylic acids is 1. The Labute approximate surface area is 207 Å². The lowest BCUT2D eigenvalue weighted by Gasteiger charge is -2.17. The van der Waals surface area contributed by atoms with Crippen LogP contribution in [0.4, 0.5) is 5.69 Å². The Morgan fingerprint density at radius 1 is 1.06 bits per heavy atom. The van der Waals surface area contributed by atoms with Crippen molar-refractivity contribution in [3.05, 3.63) is 87.5 Å². The highest BCUT2D eigenvalue weighted by Gasteiger charge is 2.30. The number of carbonyl (C=O) groups is 1. The molecular formula is C25H23ClN6OS. The first kappa shape index (κ1) is 22.6. The Bertz CT molecular complexity index is 1380. The molecule has 0 unspecified atom stereocenters. The summed E-state index contributed by atoms with van der Waals surface area (Å²) in [6.07, 6.45) is 0.824. The number of benzene rings is 2. The summed E-state index contributed by atoms with van der Waals surface area (Å²) >= 11 is 7.85. The normalized spacial score (nSPS) is 12.8. The molecule has 0 radical (unpaired) electrons. The summed E-state index contributed by atoms with van der Waals surface area (Å²) in [7, 11) is 0. The van der Waals surface area contributed by atoms with Crippen LogP contribution in [0.5, 0.6) is 0 Å². The van der Waals surface area contributed by atoms with Gasteiger partial charge in [0, 0.05) is 34.4 Å². The largest absolute Gasteiger partial charge is 0.306 e. The molecule has 0 atom stereocenters. The van der Waals surface area contributed by atoms with Crippen LogP contribution < -0.4 is 4.90 Å². The fourth-order valence-electron chi connectivity index (χ4n) is 4.09. The zero-order valence-corrected chi connectivity index (χ0v) is 20.7. The van der Waals surface area contributed by atoms with E-state index in [0.29, 0.717) is 33.9 Å². The monoisotopic (exact) mass is 490 g/mol. The summed E-state index contributed by atoms with van der Waals surface area (Å²) in [6, 6.07) is 15.6. The first-order chi connectivity index (χ1) is 16.4. The molecule has 34 heavy (non-hydrogen) atoms. The number of rotatable bonds is 5. The van der Waals surface area contributed by atoms with Gasteiger partial charge < -0.3 is 4.90 Å². The summed E-state index contributed by atoms with van der Waals surface area (Å²) in [5.74, 6) is 0.268. The van der Waals surface area contributed by atoms with Crippen LogP contribution in [0.2, 0.25) is 5.02 Å². The highest BCUT2D eigenvalue weighted by molar-refractivity contribution is 7.98. The van der Waals surface area contributed by atoms with Crippen LogP contribution in [-0.2, 0) is 12.2 Å². The molecule has 172 valence electrons. The van der Waals surface area contributed by atoms with Crippen LogP contribution in [0.25, 0.3) is 5.69 Å². The van der Waals surface area contributed by atoms with Crippen LogP contribution in [-0.4, -0.2) is 37.4 Å². The molecule has 0 aliphatic carbocycles. The van der Waals surface area contributed by atoms with E-state index in [2.05, 4.69) is 26.3 Å². The van der Waals surface area contributed by atoms with Crippen molar-refractivity contribution < 1.29 is 4.79 Å². The third-order valence-corrected chi connectivity index (χ3v) is 7.06. The quantitative estimate of drug-likeness (QED) is 0.285. The average molecular weight is 491 g/mol. The Morgan fingerprint density at radius 2 is 1.82 bits per heavy atom. The van der Waals surface area contributed by atoms with Gasteiger partial charge in [-0.2, -0.15) is 0 Å². The number of hydrogen-bond acceptors (Lipinski definition) is 6. The molecule has 0 saturated heterocycles. The van der Waals surface area contributed by atoms with E-state index >= 15 is 0 Å². The molecule has 9 heteroatoms. The smallest absolute Gasteiger partial charge is 0.280 e. The lowest BCUT2D eigenvalue weighted by atomic mass is 10.2. The first-order valence-corrected chi connectivity index (χ1v) is 12.3. The second-order valence-electron chi connectivity index (χ2n) is 8.29. The van der Waals surface area contributed by atoms with Gasteiger partial charge in [0.15, 0.2) is 10.9 Å². The van der Waals surface area contributed by atoms with E-state index in [1.165, 1.54) is 11.8 Å². The van der Waals surface area contributed by atoms with Crippen molar-refractivity contribution in [2.45, 2.75) is 38.1 Å². The molecule has 4 aromatic rings. The number of hydrogen-bond donors (Lipinski definition) is 0. The van der Waals surface area contributed by atoms with Crippen molar-refractivity contribution in [2.24, 2.45) is 0 Å². The molecule has 1 amide bonds. The molecule has 2 aromatic heterocycles. The second-order valence-corrected chi connectivity index (χ2v) is 9.64. The molecule has 0 fully saturated rings. The second kappa shape index (κ2) is 9.19. The third kappa shape index (κ3) is 4.31. The molecule has 1 aliphatic heterocycles. The topological polar surface area (TPSA) is 76.8 Å². The Hall–Kier alpha value is -3.23. The van der Waals surface area contributed by atoms with E-state index in [0.717, 1.165) is 40.3 Å². The van der Waals surface area contributed by atoms with Gasteiger partial charge in [0.2, 0.25) is 0 Å². The van der Waals surface area contributed by atoms with Crippen molar-refractivity contribution in [3.63, 3.8) is 0 Å². The van der Waals surface area contributed by atoms with Gasteiger partial charge in [-0.15, -0.1) is 5.10 Å². The Kier molecular flexibility index (Phi) is 6.10. The maximum atomic E-state index is 13.7. The van der Waals surface area contributed by atoms with E-state index in [1.54, 1.807) is 9.58 Å². The summed E-state index contributed by atoms with van der Waals surface area (Å²) in [6.45, 7) is 6.45. The van der Waals surface area contributed by atoms with Crippen LogP contribution in [0.3, 0.4) is 0 Å². The lowest BCUT2D eigenvalue weighted by molar-refractivity contribution is 0.0984. The van der Waals surface area contributed by atoms with Crippen LogP contribution >= 0.6 is 23.4 Å². The standard InChI is InChI=1S/C25H23ClN6OS/c1-15-8-9-19(13-20(15)26)32-22(14-34-25-27-16(2)12-17(3)28-25)23(29-30-32)24(33)31-11-10-18-6-4-5-7-21(18)31/h4-9,12-13H,10-11,14H2,1-3H3. The van der Waals surface area contributed by atoms with Crippen molar-refractivity contribution in [1.29, 1.82) is 0 Å². The van der Waals surface area contributed by atoms with E-state index in [1.807, 2.05) is 63.2 Å². The number of anilines is 1. The SMILES string of the molecule is Cc1cc(C)nc(SCc2c(C(=O)N3CCc4ccccc43)nnn2-c2ccc(C)c(Cl)c2)n1. The van der Waals surface area contributed by atoms with E-state index in [4.69, 9.17) is 11.6 Å². The Balaban J connectivity index is 1.54. The van der Waals surface area contributed by atoms with Gasteiger partial charge in [0.05, 0.1) is 11.4 Å². The van der Waals surface area contributed by atoms with Crippen LogP contribution in [0.15, 0.2) is 53.7 Å². The zero-order valence-electron chi connectivity index (χ0n) is 19.1. The molecule has 0 bridgehead atoms. The van der Waals surface area contributed by atoms with E-state index in [9.17, 15) is 4.79 Å². The summed E-state index contributed by atoms with van der Waals surface area (Å²) in [5, 5.41) is 9.97. The van der Waals surface area contributed by atoms with Gasteiger partial charge in [0.1, 0.15) is 0 Å². The minimum Gasteiger partial charge on any atom is -0.306 e. The zero-order chi connectivity index (χ0) is 23.8. The highest BCUT2D eigenvalue weighted by atomic mass is 35.5. The number of aryl methyl sites for hydroxylation is 3. The van der Waals surface area contributed by atoms with Gasteiger partial charge in [-0.25, -0.2) is 14.6 Å². The number of nitrogens with zero attached hydrogens (tertiary/aromatic N) is 6. The van der Waals surface area contributed by atoms with Crippen molar-refractivity contribution >= 4 is 35.0 Å². The number of halogens is 1. The van der Waals surface area contributed by atoms with Gasteiger partial charge in [-0.05, 0) is 62.6 Å². The maximum Gasteiger partial charge on any atom is 0.280 e. The summed E-state index contributed by atoms with van der Waals surface area (Å²) < 4.78 is 1.69. The van der Waals surface area contributed by atoms with Gasteiger partial charge >= 0.3 is 0 Å². The van der Waals surface area contributed by atoms with Crippen molar-refractivity contribution in [2.75, 3.05) is 11.4 Å². The molecule has 2 aromatic carbocycles. The van der Waals surface area contributed by atoms with E-state index < -0.39 is 0 Å². The maximum absolute atomic E-state index is 13.7. The van der Waals surface area contributed by atoms with E-state index in [-0.39, 0.29) is 5.91 Å². The number of thioether (sulfide) groups is 1. The summed E-state index contributed by atoms with van der Waals surface area (Å²) in [4.78, 5) is 24.5. The molecule has 0 N–H and O–H groups in total. The fourth-order valence-corrected chi connectivity index (χ4v) is 5.20.